The van der Waals surface area contributed by atoms with Gasteiger partial charge in [-0.1, -0.05) is 12.1 Å². The van der Waals surface area contributed by atoms with E-state index in [1.165, 1.54) is 0 Å². The van der Waals surface area contributed by atoms with Gasteiger partial charge in [-0.05, 0) is 62.2 Å². The minimum atomic E-state index is -0.288. The molecule has 1 fully saturated rings. The van der Waals surface area contributed by atoms with Crippen LogP contribution in [0.5, 0.6) is 11.5 Å². The molecule has 1 saturated heterocycles. The number of benzene rings is 2. The summed E-state index contributed by atoms with van der Waals surface area (Å²) < 4.78 is 11.6. The summed E-state index contributed by atoms with van der Waals surface area (Å²) >= 11 is 0. The van der Waals surface area contributed by atoms with Gasteiger partial charge in [0.2, 0.25) is 5.91 Å². The van der Waals surface area contributed by atoms with Gasteiger partial charge in [0, 0.05) is 18.2 Å². The van der Waals surface area contributed by atoms with Crippen LogP contribution in [-0.4, -0.2) is 36.6 Å². The Bertz CT molecular complexity index is 937. The summed E-state index contributed by atoms with van der Waals surface area (Å²) in [6.07, 6.45) is 2.92. The molecule has 0 bridgehead atoms. The lowest BCUT2D eigenvalue weighted by Crippen LogP contribution is -2.41. The van der Waals surface area contributed by atoms with Crippen molar-refractivity contribution in [3.63, 3.8) is 0 Å². The van der Waals surface area contributed by atoms with Crippen LogP contribution in [0.3, 0.4) is 0 Å². The van der Waals surface area contributed by atoms with Crippen molar-refractivity contribution in [3.8, 4) is 17.6 Å². The maximum absolute atomic E-state index is 12.9. The van der Waals surface area contributed by atoms with Gasteiger partial charge in [-0.15, -0.1) is 0 Å². The molecule has 2 aromatic carbocycles. The van der Waals surface area contributed by atoms with Gasteiger partial charge in [-0.3, -0.25) is 9.69 Å². The Morgan fingerprint density at radius 1 is 1.17 bits per heavy atom. The topological polar surface area (TPSA) is 74.6 Å². The van der Waals surface area contributed by atoms with E-state index in [0.717, 1.165) is 42.9 Å². The fourth-order valence-corrected chi connectivity index (χ4v) is 4.06. The maximum Gasteiger partial charge on any atom is 0.241 e. The van der Waals surface area contributed by atoms with Crippen LogP contribution in [0.25, 0.3) is 0 Å². The number of likely N-dealkylation sites (tertiary alicyclic amines) is 1. The fourth-order valence-electron chi connectivity index (χ4n) is 4.06. The van der Waals surface area contributed by atoms with Gasteiger partial charge in [0.1, 0.15) is 0 Å². The first kappa shape index (κ1) is 19.3. The molecule has 6 nitrogen and oxygen atoms in total. The van der Waals surface area contributed by atoms with Crippen molar-refractivity contribution in [3.05, 3.63) is 53.6 Å². The summed E-state index contributed by atoms with van der Waals surface area (Å²) in [5.74, 6) is 1.51. The van der Waals surface area contributed by atoms with E-state index < -0.39 is 0 Å². The van der Waals surface area contributed by atoms with Crippen LogP contribution in [0.1, 0.15) is 43.4 Å². The molecule has 6 heteroatoms. The van der Waals surface area contributed by atoms with Crippen LogP contribution in [-0.2, 0) is 4.79 Å². The zero-order valence-corrected chi connectivity index (χ0v) is 16.6. The molecule has 2 aliphatic rings. The first-order valence-electron chi connectivity index (χ1n) is 10.1. The highest BCUT2D eigenvalue weighted by Crippen LogP contribution is 2.38. The number of fused-ring (bicyclic) bond motifs is 1. The molecule has 0 spiro atoms. The van der Waals surface area contributed by atoms with Crippen molar-refractivity contribution in [1.82, 2.24) is 4.90 Å². The molecule has 0 radical (unpaired) electrons. The van der Waals surface area contributed by atoms with E-state index >= 15 is 0 Å². The van der Waals surface area contributed by atoms with E-state index in [-0.39, 0.29) is 18.0 Å². The number of anilines is 1. The molecule has 1 amide bonds. The number of nitriles is 1. The number of carbonyl (C=O) groups is 1. The maximum atomic E-state index is 12.9. The summed E-state index contributed by atoms with van der Waals surface area (Å²) in [4.78, 5) is 15.1. The van der Waals surface area contributed by atoms with Crippen molar-refractivity contribution in [2.45, 2.75) is 38.3 Å². The van der Waals surface area contributed by atoms with Crippen molar-refractivity contribution >= 4 is 11.6 Å². The zero-order valence-electron chi connectivity index (χ0n) is 16.6. The highest BCUT2D eigenvalue weighted by atomic mass is 16.5. The molecule has 2 heterocycles. The van der Waals surface area contributed by atoms with E-state index in [0.29, 0.717) is 24.5 Å². The molecule has 0 aromatic heterocycles. The van der Waals surface area contributed by atoms with E-state index in [9.17, 15) is 4.79 Å². The monoisotopic (exact) mass is 391 g/mol. The summed E-state index contributed by atoms with van der Waals surface area (Å²) in [5.41, 5.74) is 2.33. The molecule has 0 aliphatic carbocycles. The van der Waals surface area contributed by atoms with Crippen LogP contribution < -0.4 is 14.8 Å². The highest BCUT2D eigenvalue weighted by Gasteiger charge is 2.33. The molecule has 0 saturated carbocycles. The van der Waals surface area contributed by atoms with Gasteiger partial charge in [-0.25, -0.2) is 0 Å². The van der Waals surface area contributed by atoms with E-state index in [2.05, 4.69) is 28.4 Å². The lowest BCUT2D eigenvalue weighted by Gasteiger charge is -2.30. The Morgan fingerprint density at radius 2 is 2.00 bits per heavy atom. The van der Waals surface area contributed by atoms with Crippen LogP contribution in [0.4, 0.5) is 5.69 Å². The normalized spacial score (nSPS) is 19.8. The van der Waals surface area contributed by atoms with Crippen molar-refractivity contribution < 1.29 is 14.3 Å². The third kappa shape index (κ3) is 4.20. The number of carbonyl (C=O) groups excluding carboxylic acids is 1. The smallest absolute Gasteiger partial charge is 0.241 e. The second-order valence-electron chi connectivity index (χ2n) is 7.51. The summed E-state index contributed by atoms with van der Waals surface area (Å²) in [5, 5.41) is 12.0. The Labute approximate surface area is 171 Å². The molecule has 29 heavy (non-hydrogen) atoms. The molecule has 2 aliphatic heterocycles. The lowest BCUT2D eigenvalue weighted by atomic mass is 10.0. The van der Waals surface area contributed by atoms with Crippen LogP contribution in [0.2, 0.25) is 0 Å². The number of nitrogens with zero attached hydrogens (tertiary/aromatic N) is 2. The summed E-state index contributed by atoms with van der Waals surface area (Å²) in [7, 11) is 0. The first-order chi connectivity index (χ1) is 14.2. The van der Waals surface area contributed by atoms with Crippen LogP contribution in [0, 0.1) is 11.3 Å². The molecule has 2 atom stereocenters. The van der Waals surface area contributed by atoms with Crippen LogP contribution in [0.15, 0.2) is 42.5 Å². The highest BCUT2D eigenvalue weighted by molar-refractivity contribution is 5.94. The molecular formula is C23H25N3O3. The van der Waals surface area contributed by atoms with Crippen molar-refractivity contribution in [2.75, 3.05) is 25.1 Å². The largest absolute Gasteiger partial charge is 0.490 e. The van der Waals surface area contributed by atoms with Crippen molar-refractivity contribution in [2.24, 2.45) is 0 Å². The number of amides is 1. The molecule has 4 rings (SSSR count). The van der Waals surface area contributed by atoms with Crippen molar-refractivity contribution in [1.29, 1.82) is 5.26 Å². The number of hydrogen-bond acceptors (Lipinski definition) is 5. The predicted molar refractivity (Wildman–Crippen MR) is 110 cm³/mol. The van der Waals surface area contributed by atoms with Gasteiger partial charge in [-0.2, -0.15) is 5.26 Å². The Balaban J connectivity index is 1.49. The minimum Gasteiger partial charge on any atom is -0.490 e. The molecular weight excluding hydrogens is 366 g/mol. The Hall–Kier alpha value is -3.04. The SMILES string of the molecule is C[C@@H](C(=O)Nc1cccc(C#N)c1)N1CCC[C@@H]1c1ccc2c(c1)OCCCO2. The minimum absolute atomic E-state index is 0.0682. The molecule has 1 N–H and O–H groups in total. The van der Waals surface area contributed by atoms with Gasteiger partial charge in [0.05, 0.1) is 30.9 Å². The number of nitrogens with one attached hydrogen (secondary N) is 1. The van der Waals surface area contributed by atoms with Crippen LogP contribution >= 0.6 is 0 Å². The standard InChI is InChI=1S/C23H25N3O3/c1-16(23(27)25-19-6-2-5-17(13-19)15-24)26-10-3-7-20(26)18-8-9-21-22(14-18)29-12-4-11-28-21/h2,5-6,8-9,13-14,16,20H,3-4,7,10-12H2,1H3,(H,25,27)/t16-,20+/m0/s1. The van der Waals surface area contributed by atoms with E-state index in [1.807, 2.05) is 13.0 Å². The number of hydrogen-bond donors (Lipinski definition) is 1. The number of ether oxygens (including phenoxy) is 2. The van der Waals surface area contributed by atoms with E-state index in [4.69, 9.17) is 14.7 Å². The second kappa shape index (κ2) is 8.54. The first-order valence-corrected chi connectivity index (χ1v) is 10.1. The Kier molecular flexibility index (Phi) is 5.68. The third-order valence-corrected chi connectivity index (χ3v) is 5.59. The third-order valence-electron chi connectivity index (χ3n) is 5.59. The predicted octanol–water partition coefficient (Wildman–Crippen LogP) is 3.88. The van der Waals surface area contributed by atoms with E-state index in [1.54, 1.807) is 24.3 Å². The molecule has 0 unspecified atom stereocenters. The van der Waals surface area contributed by atoms with Gasteiger partial charge in [0.25, 0.3) is 0 Å². The van der Waals surface area contributed by atoms with Gasteiger partial charge >= 0.3 is 0 Å². The molecule has 150 valence electrons. The Morgan fingerprint density at radius 3 is 2.83 bits per heavy atom. The quantitative estimate of drug-likeness (QED) is 0.856. The fraction of sp³-hybridized carbons (Fsp3) is 0.391. The average Bonchev–Trinajstić information content (AvgIpc) is 3.11. The number of rotatable bonds is 4. The summed E-state index contributed by atoms with van der Waals surface area (Å²) in [6, 6.07) is 15.1. The summed E-state index contributed by atoms with van der Waals surface area (Å²) in [6.45, 7) is 4.13. The van der Waals surface area contributed by atoms with Gasteiger partial charge in [0.15, 0.2) is 11.5 Å². The zero-order chi connectivity index (χ0) is 20.2. The second-order valence-corrected chi connectivity index (χ2v) is 7.51. The average molecular weight is 391 g/mol. The molecule has 2 aromatic rings. The lowest BCUT2D eigenvalue weighted by molar-refractivity contribution is -0.121. The van der Waals surface area contributed by atoms with Gasteiger partial charge < -0.3 is 14.8 Å².